The summed E-state index contributed by atoms with van der Waals surface area (Å²) in [5.74, 6) is 0.520. The molecule has 1 saturated heterocycles. The highest BCUT2D eigenvalue weighted by Gasteiger charge is 2.27. The second kappa shape index (κ2) is 8.14. The summed E-state index contributed by atoms with van der Waals surface area (Å²) in [4.78, 5) is 23.7. The summed E-state index contributed by atoms with van der Waals surface area (Å²) < 4.78 is 20.9. The molecule has 7 nitrogen and oxygen atoms in total. The molecule has 0 unspecified atom stereocenters. The molecular formula is C21H24FN5O2. The van der Waals surface area contributed by atoms with Crippen LogP contribution in [0.1, 0.15) is 48.8 Å². The zero-order valence-electron chi connectivity index (χ0n) is 16.6. The molecule has 152 valence electrons. The minimum Gasteiger partial charge on any atom is -0.490 e. The number of piperidine rings is 1. The van der Waals surface area contributed by atoms with Crippen LogP contribution in [0.15, 0.2) is 36.7 Å². The summed E-state index contributed by atoms with van der Waals surface area (Å²) in [5.41, 5.74) is 1.28. The maximum atomic E-state index is 13.8. The highest BCUT2D eigenvalue weighted by atomic mass is 19.1. The number of rotatable bonds is 5. The van der Waals surface area contributed by atoms with E-state index in [4.69, 9.17) is 4.74 Å². The summed E-state index contributed by atoms with van der Waals surface area (Å²) in [6.45, 7) is 5.66. The topological polar surface area (TPSA) is 72.6 Å². The van der Waals surface area contributed by atoms with Gasteiger partial charge >= 0.3 is 0 Å². The molecule has 1 aliphatic rings. The van der Waals surface area contributed by atoms with Gasteiger partial charge in [-0.15, -0.1) is 0 Å². The van der Waals surface area contributed by atoms with Crippen LogP contribution >= 0.6 is 0 Å². The number of carbonyl (C=O) groups is 1. The number of ether oxygens (including phenoxy) is 1. The fourth-order valence-electron chi connectivity index (χ4n) is 3.60. The second-order valence-corrected chi connectivity index (χ2v) is 7.69. The Balaban J connectivity index is 1.50. The lowest BCUT2D eigenvalue weighted by Gasteiger charge is -2.32. The van der Waals surface area contributed by atoms with Crippen LogP contribution in [0.3, 0.4) is 0 Å². The summed E-state index contributed by atoms with van der Waals surface area (Å²) in [6, 6.07) is 8.18. The van der Waals surface area contributed by atoms with E-state index in [-0.39, 0.29) is 29.3 Å². The number of halogens is 1. The van der Waals surface area contributed by atoms with Crippen molar-refractivity contribution in [2.75, 3.05) is 19.7 Å². The SMILES string of the molecule is CC(C)c1cc(C(=O)N2CCC[C@H](COc3ccccc3F)C2)n2ncnc2n1. The van der Waals surface area contributed by atoms with Crippen molar-refractivity contribution in [2.24, 2.45) is 5.92 Å². The van der Waals surface area contributed by atoms with Crippen molar-refractivity contribution in [1.29, 1.82) is 0 Å². The predicted molar refractivity (Wildman–Crippen MR) is 105 cm³/mol. The van der Waals surface area contributed by atoms with Gasteiger partial charge in [0.2, 0.25) is 0 Å². The number of nitrogens with zero attached hydrogens (tertiary/aromatic N) is 5. The number of carbonyl (C=O) groups excluding carboxylic acids is 1. The highest BCUT2D eigenvalue weighted by molar-refractivity contribution is 5.93. The van der Waals surface area contributed by atoms with Gasteiger partial charge in [0, 0.05) is 24.7 Å². The van der Waals surface area contributed by atoms with Gasteiger partial charge in [-0.25, -0.2) is 9.37 Å². The molecule has 0 spiro atoms. The maximum Gasteiger partial charge on any atom is 0.272 e. The zero-order chi connectivity index (χ0) is 20.4. The van der Waals surface area contributed by atoms with Crippen LogP contribution in [0.5, 0.6) is 5.75 Å². The number of fused-ring (bicyclic) bond motifs is 1. The minimum absolute atomic E-state index is 0.0969. The summed E-state index contributed by atoms with van der Waals surface area (Å²) in [5, 5.41) is 4.17. The van der Waals surface area contributed by atoms with Crippen molar-refractivity contribution in [1.82, 2.24) is 24.5 Å². The first-order chi connectivity index (χ1) is 14.0. The third kappa shape index (κ3) is 4.06. The second-order valence-electron chi connectivity index (χ2n) is 7.69. The van der Waals surface area contributed by atoms with Gasteiger partial charge in [0.15, 0.2) is 11.6 Å². The molecule has 3 heterocycles. The summed E-state index contributed by atoms with van der Waals surface area (Å²) in [6.07, 6.45) is 3.22. The standard InChI is InChI=1S/C21H24FN5O2/c1-14(2)17-10-18(27-21(25-17)23-13-24-27)20(28)26-9-5-6-15(11-26)12-29-19-8-4-3-7-16(19)22/h3-4,7-8,10,13-15H,5-6,9,11-12H2,1-2H3/t15-/m0/s1. The number of benzene rings is 1. The molecule has 1 amide bonds. The van der Waals surface area contributed by atoms with Crippen molar-refractivity contribution in [3.63, 3.8) is 0 Å². The van der Waals surface area contributed by atoms with Crippen LogP contribution in [0, 0.1) is 11.7 Å². The average molecular weight is 397 g/mol. The van der Waals surface area contributed by atoms with Crippen LogP contribution in [0.25, 0.3) is 5.78 Å². The van der Waals surface area contributed by atoms with Crippen molar-refractivity contribution in [3.05, 3.63) is 53.9 Å². The van der Waals surface area contributed by atoms with E-state index in [9.17, 15) is 9.18 Å². The van der Waals surface area contributed by atoms with Gasteiger partial charge in [-0.05, 0) is 37.0 Å². The van der Waals surface area contributed by atoms with E-state index in [1.54, 1.807) is 24.3 Å². The fraction of sp³-hybridized carbons (Fsp3) is 0.429. The molecule has 0 saturated carbocycles. The van der Waals surface area contributed by atoms with Gasteiger partial charge in [0.25, 0.3) is 11.7 Å². The van der Waals surface area contributed by atoms with Gasteiger partial charge < -0.3 is 9.64 Å². The Kier molecular flexibility index (Phi) is 5.42. The van der Waals surface area contributed by atoms with Gasteiger partial charge in [0.05, 0.1) is 6.61 Å². The lowest BCUT2D eigenvalue weighted by molar-refractivity contribution is 0.0622. The van der Waals surface area contributed by atoms with E-state index in [0.717, 1.165) is 18.5 Å². The largest absolute Gasteiger partial charge is 0.490 e. The van der Waals surface area contributed by atoms with Crippen LogP contribution in [0.4, 0.5) is 4.39 Å². The average Bonchev–Trinajstić information content (AvgIpc) is 3.21. The Morgan fingerprint density at radius 1 is 1.34 bits per heavy atom. The Labute approximate surface area is 168 Å². The third-order valence-corrected chi connectivity index (χ3v) is 5.20. The molecular weight excluding hydrogens is 373 g/mol. The maximum absolute atomic E-state index is 13.8. The van der Waals surface area contributed by atoms with Gasteiger partial charge in [0.1, 0.15) is 12.0 Å². The Morgan fingerprint density at radius 3 is 2.97 bits per heavy atom. The molecule has 3 aromatic rings. The number of aromatic nitrogens is 4. The Morgan fingerprint density at radius 2 is 2.17 bits per heavy atom. The fourth-order valence-corrected chi connectivity index (χ4v) is 3.60. The molecule has 0 bridgehead atoms. The molecule has 2 aromatic heterocycles. The smallest absolute Gasteiger partial charge is 0.272 e. The minimum atomic E-state index is -0.372. The molecule has 0 aliphatic carbocycles. The van der Waals surface area contributed by atoms with Crippen molar-refractivity contribution < 1.29 is 13.9 Å². The first-order valence-corrected chi connectivity index (χ1v) is 9.90. The third-order valence-electron chi connectivity index (χ3n) is 5.20. The van der Waals surface area contributed by atoms with E-state index in [0.29, 0.717) is 31.2 Å². The van der Waals surface area contributed by atoms with E-state index in [2.05, 4.69) is 15.1 Å². The lowest BCUT2D eigenvalue weighted by atomic mass is 9.98. The quantitative estimate of drug-likeness (QED) is 0.660. The van der Waals surface area contributed by atoms with Gasteiger partial charge in [-0.2, -0.15) is 14.6 Å². The molecule has 4 rings (SSSR count). The molecule has 8 heteroatoms. The van der Waals surface area contributed by atoms with Crippen molar-refractivity contribution >= 4 is 11.7 Å². The number of para-hydroxylation sites is 1. The van der Waals surface area contributed by atoms with Crippen LogP contribution in [-0.4, -0.2) is 50.1 Å². The van der Waals surface area contributed by atoms with E-state index in [1.165, 1.54) is 16.9 Å². The Hall–Kier alpha value is -3.03. The molecule has 0 radical (unpaired) electrons. The number of amides is 1. The number of hydrogen-bond acceptors (Lipinski definition) is 5. The van der Waals surface area contributed by atoms with Gasteiger partial charge in [-0.3, -0.25) is 4.79 Å². The first-order valence-electron chi connectivity index (χ1n) is 9.90. The van der Waals surface area contributed by atoms with E-state index in [1.807, 2.05) is 18.7 Å². The van der Waals surface area contributed by atoms with Crippen LogP contribution in [-0.2, 0) is 0 Å². The van der Waals surface area contributed by atoms with E-state index < -0.39 is 0 Å². The molecule has 1 atom stereocenters. The zero-order valence-corrected chi connectivity index (χ0v) is 16.6. The monoisotopic (exact) mass is 397 g/mol. The lowest BCUT2D eigenvalue weighted by Crippen LogP contribution is -2.42. The normalized spacial score (nSPS) is 17.1. The van der Waals surface area contributed by atoms with Gasteiger partial charge in [-0.1, -0.05) is 26.0 Å². The molecule has 1 fully saturated rings. The van der Waals surface area contributed by atoms with Crippen LogP contribution in [0.2, 0.25) is 0 Å². The highest BCUT2D eigenvalue weighted by Crippen LogP contribution is 2.23. The van der Waals surface area contributed by atoms with Crippen molar-refractivity contribution in [2.45, 2.75) is 32.6 Å². The summed E-state index contributed by atoms with van der Waals surface area (Å²) in [7, 11) is 0. The van der Waals surface area contributed by atoms with E-state index >= 15 is 0 Å². The molecule has 1 aromatic carbocycles. The number of likely N-dealkylation sites (tertiary alicyclic amines) is 1. The van der Waals surface area contributed by atoms with Crippen molar-refractivity contribution in [3.8, 4) is 5.75 Å². The molecule has 29 heavy (non-hydrogen) atoms. The predicted octanol–water partition coefficient (Wildman–Crippen LogP) is 3.32. The Bertz CT molecular complexity index is 1020. The molecule has 1 aliphatic heterocycles. The first kappa shape index (κ1) is 19.3. The molecule has 0 N–H and O–H groups in total. The summed E-state index contributed by atoms with van der Waals surface area (Å²) >= 11 is 0. The number of hydrogen-bond donors (Lipinski definition) is 0. The van der Waals surface area contributed by atoms with Crippen LogP contribution < -0.4 is 4.74 Å².